The van der Waals surface area contributed by atoms with Crippen LogP contribution in [0.1, 0.15) is 13.3 Å². The van der Waals surface area contributed by atoms with E-state index in [0.29, 0.717) is 26.1 Å². The first-order valence-corrected chi connectivity index (χ1v) is 7.32. The Balaban J connectivity index is 1.94. The number of benzene rings is 1. The van der Waals surface area contributed by atoms with Crippen LogP contribution in [0.15, 0.2) is 36.9 Å². The molecule has 2 rings (SSSR count). The average Bonchev–Trinajstić information content (AvgIpc) is 2.87. The van der Waals surface area contributed by atoms with Crippen molar-refractivity contribution in [2.24, 2.45) is 0 Å². The van der Waals surface area contributed by atoms with Crippen LogP contribution in [0.4, 0.5) is 10.5 Å². The number of ether oxygens (including phenoxy) is 1. The van der Waals surface area contributed by atoms with Gasteiger partial charge in [-0.3, -0.25) is 4.79 Å². The Morgan fingerprint density at radius 2 is 2.18 bits per heavy atom. The maximum atomic E-state index is 12.1. The Morgan fingerprint density at radius 3 is 2.82 bits per heavy atom. The lowest BCUT2D eigenvalue weighted by molar-refractivity contribution is -0.117. The lowest BCUT2D eigenvalue weighted by atomic mass is 10.2. The molecule has 0 radical (unpaired) electrons. The van der Waals surface area contributed by atoms with Gasteiger partial charge in [-0.1, -0.05) is 6.08 Å². The largest absolute Gasteiger partial charge is 0.494 e. The van der Waals surface area contributed by atoms with Crippen LogP contribution in [0.3, 0.4) is 0 Å². The molecular formula is C16H21N3O3. The number of hydrogen-bond acceptors (Lipinski definition) is 3. The van der Waals surface area contributed by atoms with Gasteiger partial charge in [0.15, 0.2) is 0 Å². The number of carbonyl (C=O) groups excluding carboxylic acids is 2. The normalized spacial score (nSPS) is 17.2. The van der Waals surface area contributed by atoms with Gasteiger partial charge in [0, 0.05) is 25.2 Å². The third-order valence-electron chi connectivity index (χ3n) is 3.33. The van der Waals surface area contributed by atoms with Crippen molar-refractivity contribution in [2.45, 2.75) is 19.4 Å². The summed E-state index contributed by atoms with van der Waals surface area (Å²) in [5.74, 6) is 0.773. The summed E-state index contributed by atoms with van der Waals surface area (Å²) in [4.78, 5) is 25.4. The summed E-state index contributed by atoms with van der Waals surface area (Å²) in [7, 11) is 0. The molecule has 0 aromatic heterocycles. The summed E-state index contributed by atoms with van der Waals surface area (Å²) in [6.45, 7) is 6.93. The van der Waals surface area contributed by atoms with E-state index in [4.69, 9.17) is 4.74 Å². The lowest BCUT2D eigenvalue weighted by Crippen LogP contribution is -2.43. The Bertz CT molecular complexity index is 542. The number of hydrogen-bond donors (Lipinski definition) is 2. The summed E-state index contributed by atoms with van der Waals surface area (Å²) < 4.78 is 5.38. The highest BCUT2D eigenvalue weighted by Crippen LogP contribution is 2.24. The van der Waals surface area contributed by atoms with Gasteiger partial charge in [-0.15, -0.1) is 6.58 Å². The second-order valence-corrected chi connectivity index (χ2v) is 4.98. The van der Waals surface area contributed by atoms with Crippen molar-refractivity contribution in [1.82, 2.24) is 10.6 Å². The van der Waals surface area contributed by atoms with E-state index in [2.05, 4.69) is 17.2 Å². The molecule has 1 aliphatic rings. The zero-order chi connectivity index (χ0) is 15.9. The van der Waals surface area contributed by atoms with E-state index in [1.165, 1.54) is 0 Å². The summed E-state index contributed by atoms with van der Waals surface area (Å²) in [6, 6.07) is 6.90. The highest BCUT2D eigenvalue weighted by Gasteiger charge is 2.31. The van der Waals surface area contributed by atoms with E-state index in [0.717, 1.165) is 11.4 Å². The second kappa shape index (κ2) is 7.49. The maximum Gasteiger partial charge on any atom is 0.315 e. The number of nitrogens with one attached hydrogen (secondary N) is 2. The van der Waals surface area contributed by atoms with Gasteiger partial charge < -0.3 is 20.3 Å². The van der Waals surface area contributed by atoms with Crippen molar-refractivity contribution in [3.05, 3.63) is 36.9 Å². The van der Waals surface area contributed by atoms with Gasteiger partial charge in [-0.25, -0.2) is 4.79 Å². The Labute approximate surface area is 130 Å². The van der Waals surface area contributed by atoms with Crippen LogP contribution in [0, 0.1) is 0 Å². The third kappa shape index (κ3) is 4.00. The lowest BCUT2D eigenvalue weighted by Gasteiger charge is -2.17. The molecule has 1 heterocycles. The predicted octanol–water partition coefficient (Wildman–Crippen LogP) is 1.68. The molecule has 6 nitrogen and oxygen atoms in total. The molecule has 3 amide bonds. The fourth-order valence-electron chi connectivity index (χ4n) is 2.34. The minimum Gasteiger partial charge on any atom is -0.494 e. The minimum absolute atomic E-state index is 0.00168. The van der Waals surface area contributed by atoms with E-state index in [-0.39, 0.29) is 18.0 Å². The van der Waals surface area contributed by atoms with Crippen LogP contribution in [0.5, 0.6) is 5.75 Å². The van der Waals surface area contributed by atoms with Crippen molar-refractivity contribution in [2.75, 3.05) is 24.6 Å². The zero-order valence-corrected chi connectivity index (χ0v) is 12.7. The molecule has 0 unspecified atom stereocenters. The highest BCUT2D eigenvalue weighted by atomic mass is 16.5. The molecule has 22 heavy (non-hydrogen) atoms. The van der Waals surface area contributed by atoms with E-state index in [1.807, 2.05) is 31.2 Å². The van der Waals surface area contributed by atoms with Crippen LogP contribution >= 0.6 is 0 Å². The second-order valence-electron chi connectivity index (χ2n) is 4.98. The molecular weight excluding hydrogens is 282 g/mol. The summed E-state index contributed by atoms with van der Waals surface area (Å²) in [6.07, 6.45) is 1.90. The SMILES string of the molecule is C=CCNC(=O)N[C@H]1CC(=O)N(c2ccc(OCC)cc2)C1. The number of urea groups is 1. The molecule has 1 aromatic carbocycles. The molecule has 118 valence electrons. The molecule has 0 bridgehead atoms. The van der Waals surface area contributed by atoms with Crippen LogP contribution < -0.4 is 20.3 Å². The van der Waals surface area contributed by atoms with Gasteiger partial charge in [0.05, 0.1) is 12.6 Å². The zero-order valence-electron chi connectivity index (χ0n) is 12.7. The maximum absolute atomic E-state index is 12.1. The van der Waals surface area contributed by atoms with Gasteiger partial charge in [-0.05, 0) is 31.2 Å². The van der Waals surface area contributed by atoms with Gasteiger partial charge in [0.2, 0.25) is 5.91 Å². The smallest absolute Gasteiger partial charge is 0.315 e. The number of carbonyl (C=O) groups is 2. The molecule has 2 N–H and O–H groups in total. The van der Waals surface area contributed by atoms with Crippen LogP contribution in [0.25, 0.3) is 0 Å². The topological polar surface area (TPSA) is 70.7 Å². The Hall–Kier alpha value is -2.50. The van der Waals surface area contributed by atoms with E-state index < -0.39 is 0 Å². The Morgan fingerprint density at radius 1 is 1.45 bits per heavy atom. The van der Waals surface area contributed by atoms with Crippen molar-refractivity contribution < 1.29 is 14.3 Å². The molecule has 0 saturated carbocycles. The molecule has 0 spiro atoms. The van der Waals surface area contributed by atoms with Crippen molar-refractivity contribution in [3.63, 3.8) is 0 Å². The first-order chi connectivity index (χ1) is 10.6. The molecule has 0 aliphatic carbocycles. The fourth-order valence-corrected chi connectivity index (χ4v) is 2.34. The quantitative estimate of drug-likeness (QED) is 0.785. The summed E-state index contributed by atoms with van der Waals surface area (Å²) in [5, 5.41) is 5.43. The molecule has 1 aromatic rings. The van der Waals surface area contributed by atoms with Gasteiger partial charge in [0.1, 0.15) is 5.75 Å². The summed E-state index contributed by atoms with van der Waals surface area (Å²) in [5.41, 5.74) is 0.809. The van der Waals surface area contributed by atoms with Gasteiger partial charge in [-0.2, -0.15) is 0 Å². The Kier molecular flexibility index (Phi) is 5.41. The molecule has 1 atom stereocenters. The molecule has 6 heteroatoms. The fraction of sp³-hybridized carbons (Fsp3) is 0.375. The van der Waals surface area contributed by atoms with Crippen LogP contribution in [-0.4, -0.2) is 37.7 Å². The molecule has 1 saturated heterocycles. The first-order valence-electron chi connectivity index (χ1n) is 7.32. The van der Waals surface area contributed by atoms with Gasteiger partial charge in [0.25, 0.3) is 0 Å². The molecule has 1 aliphatic heterocycles. The minimum atomic E-state index is -0.286. The number of nitrogens with zero attached hydrogens (tertiary/aromatic N) is 1. The standard InChI is InChI=1S/C16H21N3O3/c1-3-9-17-16(21)18-12-10-15(20)19(11-12)13-5-7-14(8-6-13)22-4-2/h3,5-8,12H,1,4,9-11H2,2H3,(H2,17,18,21)/t12-/m0/s1. The van der Waals surface area contributed by atoms with E-state index in [1.54, 1.807) is 11.0 Å². The van der Waals surface area contributed by atoms with Crippen LogP contribution in [-0.2, 0) is 4.79 Å². The van der Waals surface area contributed by atoms with Crippen molar-refractivity contribution in [3.8, 4) is 5.75 Å². The third-order valence-corrected chi connectivity index (χ3v) is 3.33. The highest BCUT2D eigenvalue weighted by molar-refractivity contribution is 5.96. The van der Waals surface area contributed by atoms with Gasteiger partial charge >= 0.3 is 6.03 Å². The van der Waals surface area contributed by atoms with E-state index in [9.17, 15) is 9.59 Å². The van der Waals surface area contributed by atoms with Crippen molar-refractivity contribution >= 4 is 17.6 Å². The first kappa shape index (κ1) is 15.9. The summed E-state index contributed by atoms with van der Waals surface area (Å²) >= 11 is 0. The monoisotopic (exact) mass is 303 g/mol. The molecule has 1 fully saturated rings. The van der Waals surface area contributed by atoms with Crippen LogP contribution in [0.2, 0.25) is 0 Å². The average molecular weight is 303 g/mol. The number of anilines is 1. The number of rotatable bonds is 6. The van der Waals surface area contributed by atoms with Crippen molar-refractivity contribution in [1.29, 1.82) is 0 Å². The predicted molar refractivity (Wildman–Crippen MR) is 85.1 cm³/mol. The number of amides is 3. The van der Waals surface area contributed by atoms with E-state index >= 15 is 0 Å².